The fourth-order valence-corrected chi connectivity index (χ4v) is 5.14. The van der Waals surface area contributed by atoms with Gasteiger partial charge in [-0.25, -0.2) is 4.67 Å². The van der Waals surface area contributed by atoms with Gasteiger partial charge < -0.3 is 18.1 Å². The molecular weight excluding hydrogens is 422 g/mol. The maximum absolute atomic E-state index is 12.3. The van der Waals surface area contributed by atoms with E-state index in [1.54, 1.807) is 18.2 Å². The van der Waals surface area contributed by atoms with Gasteiger partial charge in [0.05, 0.1) is 31.9 Å². The summed E-state index contributed by atoms with van der Waals surface area (Å²) in [5, 5.41) is 8.80. The molecule has 0 aliphatic rings. The highest BCUT2D eigenvalue weighted by Gasteiger charge is 2.27. The van der Waals surface area contributed by atoms with Crippen LogP contribution < -0.4 is 0 Å². The molecule has 0 rings (SSSR count). The molecule has 0 bridgehead atoms. The largest absolute Gasteiger partial charge is 0.334 e. The molecule has 0 aliphatic carbocycles. The summed E-state index contributed by atoms with van der Waals surface area (Å²) in [6.45, 7) is 16.5. The van der Waals surface area contributed by atoms with Gasteiger partial charge in [-0.2, -0.15) is 5.26 Å². The van der Waals surface area contributed by atoms with E-state index in [4.69, 9.17) is 23.4 Å². The monoisotopic (exact) mass is 458 g/mol. The molecule has 0 saturated heterocycles. The maximum atomic E-state index is 12.3. The van der Waals surface area contributed by atoms with Crippen LogP contribution in [0.3, 0.4) is 0 Å². The van der Waals surface area contributed by atoms with E-state index in [1.165, 1.54) is 14.2 Å². The standard InChI is InChI=1S/C21H36N2O5P2/c1-9-20(12-13-21(10-2)17-30(24,25-7)26-8)16-28-29(27-15-11-14-22)23(18(3)4)19(5)6/h9-10,12-13,18-19H,1-2,11,15-17H2,3-8H3/b20-12+,21-13+. The molecule has 1 atom stereocenters. The van der Waals surface area contributed by atoms with Gasteiger partial charge in [0.15, 0.2) is 0 Å². The van der Waals surface area contributed by atoms with Gasteiger partial charge in [0, 0.05) is 26.3 Å². The smallest absolute Gasteiger partial charge is 0.321 e. The zero-order valence-electron chi connectivity index (χ0n) is 19.0. The van der Waals surface area contributed by atoms with E-state index in [0.717, 1.165) is 5.57 Å². The molecule has 0 aliphatic heterocycles. The lowest BCUT2D eigenvalue weighted by molar-refractivity contribution is 0.185. The van der Waals surface area contributed by atoms with Crippen molar-refractivity contribution in [3.8, 4) is 6.07 Å². The molecule has 0 aromatic carbocycles. The molecule has 0 spiro atoms. The Balaban J connectivity index is 5.40. The van der Waals surface area contributed by atoms with Crippen molar-refractivity contribution in [3.05, 3.63) is 48.6 Å². The van der Waals surface area contributed by atoms with Gasteiger partial charge >= 0.3 is 7.60 Å². The van der Waals surface area contributed by atoms with Crippen molar-refractivity contribution in [3.63, 3.8) is 0 Å². The second-order valence-electron chi connectivity index (χ2n) is 6.85. The van der Waals surface area contributed by atoms with Gasteiger partial charge in [-0.3, -0.25) is 4.57 Å². The van der Waals surface area contributed by atoms with E-state index in [1.807, 2.05) is 6.08 Å². The van der Waals surface area contributed by atoms with E-state index in [-0.39, 0.29) is 24.9 Å². The first-order valence-corrected chi connectivity index (χ1v) is 12.6. The SMILES string of the molecule is C=C/C(=C\C=C(/C=C)CP(=O)(OC)OC)COP(OCCC#N)N(C(C)C)C(C)C. The van der Waals surface area contributed by atoms with E-state index >= 15 is 0 Å². The van der Waals surface area contributed by atoms with Crippen molar-refractivity contribution in [2.24, 2.45) is 0 Å². The van der Waals surface area contributed by atoms with Crippen molar-refractivity contribution < 1.29 is 22.7 Å². The quantitative estimate of drug-likeness (QED) is 0.160. The normalized spacial score (nSPS) is 14.3. The Bertz CT molecular complexity index is 667. The Kier molecular flexibility index (Phi) is 15.1. The summed E-state index contributed by atoms with van der Waals surface area (Å²) < 4.78 is 36.4. The highest BCUT2D eigenvalue weighted by Crippen LogP contribution is 2.48. The Morgan fingerprint density at radius 3 is 2.03 bits per heavy atom. The van der Waals surface area contributed by atoms with Crippen LogP contribution in [0.5, 0.6) is 0 Å². The molecule has 30 heavy (non-hydrogen) atoms. The Morgan fingerprint density at radius 1 is 1.07 bits per heavy atom. The summed E-state index contributed by atoms with van der Waals surface area (Å²) in [6, 6.07) is 2.53. The maximum Gasteiger partial charge on any atom is 0.334 e. The lowest BCUT2D eigenvalue weighted by Gasteiger charge is -2.35. The van der Waals surface area contributed by atoms with Gasteiger partial charge in [-0.05, 0) is 38.8 Å². The molecule has 9 heteroatoms. The zero-order chi connectivity index (χ0) is 23.2. The van der Waals surface area contributed by atoms with Gasteiger partial charge in [0.25, 0.3) is 8.53 Å². The van der Waals surface area contributed by atoms with Crippen LogP contribution in [0, 0.1) is 11.3 Å². The molecule has 7 nitrogen and oxygen atoms in total. The van der Waals surface area contributed by atoms with Crippen molar-refractivity contribution >= 4 is 16.1 Å². The highest BCUT2D eigenvalue weighted by atomic mass is 31.2. The second kappa shape index (κ2) is 15.7. The zero-order valence-corrected chi connectivity index (χ0v) is 20.8. The fraction of sp³-hybridized carbons (Fsp3) is 0.571. The summed E-state index contributed by atoms with van der Waals surface area (Å²) >= 11 is 0. The van der Waals surface area contributed by atoms with Crippen LogP contribution in [0.2, 0.25) is 0 Å². The molecule has 170 valence electrons. The number of hydrogen-bond donors (Lipinski definition) is 0. The Hall–Kier alpha value is -1.09. The minimum atomic E-state index is -3.18. The third-order valence-corrected chi connectivity index (χ3v) is 7.89. The molecule has 0 fully saturated rings. The van der Waals surface area contributed by atoms with Crippen molar-refractivity contribution in [1.29, 1.82) is 5.26 Å². The Morgan fingerprint density at radius 2 is 1.60 bits per heavy atom. The van der Waals surface area contributed by atoms with Crippen LogP contribution in [0.15, 0.2) is 48.6 Å². The first-order valence-electron chi connectivity index (χ1n) is 9.74. The van der Waals surface area contributed by atoms with Crippen LogP contribution in [-0.4, -0.2) is 50.3 Å². The third kappa shape index (κ3) is 10.8. The van der Waals surface area contributed by atoms with Gasteiger partial charge in [0.1, 0.15) is 0 Å². The summed E-state index contributed by atoms with van der Waals surface area (Å²) in [5.74, 6) is 0. The average molecular weight is 458 g/mol. The molecule has 0 aromatic rings. The van der Waals surface area contributed by atoms with E-state index in [0.29, 0.717) is 18.6 Å². The van der Waals surface area contributed by atoms with Crippen LogP contribution in [0.25, 0.3) is 0 Å². The predicted octanol–water partition coefficient (Wildman–Crippen LogP) is 5.99. The lowest BCUT2D eigenvalue weighted by Crippen LogP contribution is -2.33. The molecule has 1 unspecified atom stereocenters. The molecule has 0 aromatic heterocycles. The van der Waals surface area contributed by atoms with E-state index < -0.39 is 16.1 Å². The topological polar surface area (TPSA) is 81.0 Å². The first-order chi connectivity index (χ1) is 14.2. The van der Waals surface area contributed by atoms with Crippen LogP contribution in [0.4, 0.5) is 0 Å². The van der Waals surface area contributed by atoms with Crippen molar-refractivity contribution in [2.75, 3.05) is 33.6 Å². The van der Waals surface area contributed by atoms with Crippen molar-refractivity contribution in [2.45, 2.75) is 46.2 Å². The summed E-state index contributed by atoms with van der Waals surface area (Å²) in [7, 11) is -1.81. The lowest BCUT2D eigenvalue weighted by atomic mass is 10.2. The number of nitriles is 1. The average Bonchev–Trinajstić information content (AvgIpc) is 2.71. The van der Waals surface area contributed by atoms with Gasteiger partial charge in [-0.15, -0.1) is 0 Å². The summed E-state index contributed by atoms with van der Waals surface area (Å²) in [4.78, 5) is 0. The highest BCUT2D eigenvalue weighted by molar-refractivity contribution is 7.54. The van der Waals surface area contributed by atoms with Gasteiger partial charge in [-0.1, -0.05) is 37.5 Å². The number of rotatable bonds is 16. The minimum absolute atomic E-state index is 0.115. The third-order valence-electron chi connectivity index (χ3n) is 3.97. The Labute approximate surface area is 183 Å². The van der Waals surface area contributed by atoms with E-state index in [2.05, 4.69) is 51.6 Å². The van der Waals surface area contributed by atoms with Crippen LogP contribution >= 0.6 is 16.1 Å². The van der Waals surface area contributed by atoms with Crippen molar-refractivity contribution in [1.82, 2.24) is 4.67 Å². The minimum Gasteiger partial charge on any atom is -0.321 e. The number of nitrogens with zero attached hydrogens (tertiary/aromatic N) is 2. The molecule has 0 saturated carbocycles. The van der Waals surface area contributed by atoms with E-state index in [9.17, 15) is 4.57 Å². The summed E-state index contributed by atoms with van der Waals surface area (Å²) in [5.41, 5.74) is 1.53. The molecular formula is C21H36N2O5P2. The fourth-order valence-electron chi connectivity index (χ4n) is 2.44. The van der Waals surface area contributed by atoms with Crippen LogP contribution in [-0.2, 0) is 22.7 Å². The number of allylic oxidation sites excluding steroid dienone is 4. The predicted molar refractivity (Wildman–Crippen MR) is 124 cm³/mol. The van der Waals surface area contributed by atoms with Gasteiger partial charge in [0.2, 0.25) is 0 Å². The molecule has 0 radical (unpaired) electrons. The second-order valence-corrected chi connectivity index (χ2v) is 10.6. The molecule has 0 amide bonds. The molecule has 0 N–H and O–H groups in total. The summed E-state index contributed by atoms with van der Waals surface area (Å²) in [6.07, 6.45) is 7.35. The number of hydrogen-bond acceptors (Lipinski definition) is 7. The molecule has 0 heterocycles. The van der Waals surface area contributed by atoms with Crippen LogP contribution in [0.1, 0.15) is 34.1 Å². The first kappa shape index (κ1) is 28.9.